The van der Waals surface area contributed by atoms with Gasteiger partial charge in [0, 0.05) is 31.9 Å². The van der Waals surface area contributed by atoms with E-state index in [9.17, 15) is 18.0 Å². The van der Waals surface area contributed by atoms with Gasteiger partial charge in [0.25, 0.3) is 0 Å². The Morgan fingerprint density at radius 3 is 2.25 bits per heavy atom. The zero-order valence-corrected chi connectivity index (χ0v) is 20.3. The SMILES string of the molecule is CCCCS(=O)(=O)N1CCC2(CC1)C(=O)N(CC(=O)N(CC)CC)CN2c1ccccc1. The van der Waals surface area contributed by atoms with Gasteiger partial charge in [-0.2, -0.15) is 0 Å². The summed E-state index contributed by atoms with van der Waals surface area (Å²) in [5, 5.41) is 0. The summed E-state index contributed by atoms with van der Waals surface area (Å²) in [6.45, 7) is 8.06. The molecule has 9 heteroatoms. The normalized spacial score (nSPS) is 19.0. The molecule has 0 aliphatic carbocycles. The quantitative estimate of drug-likeness (QED) is 0.559. The number of unbranched alkanes of at least 4 members (excludes halogenated alkanes) is 1. The highest BCUT2D eigenvalue weighted by Crippen LogP contribution is 2.40. The lowest BCUT2D eigenvalue weighted by atomic mass is 9.86. The van der Waals surface area contributed by atoms with Gasteiger partial charge in [0.1, 0.15) is 12.1 Å². The van der Waals surface area contributed by atoms with E-state index < -0.39 is 15.6 Å². The number of carbonyl (C=O) groups is 2. The molecule has 0 radical (unpaired) electrons. The van der Waals surface area contributed by atoms with Crippen LogP contribution in [0.25, 0.3) is 0 Å². The minimum absolute atomic E-state index is 0.0457. The molecule has 1 aromatic carbocycles. The van der Waals surface area contributed by atoms with Gasteiger partial charge in [-0.1, -0.05) is 31.5 Å². The van der Waals surface area contributed by atoms with E-state index in [1.54, 1.807) is 9.80 Å². The van der Waals surface area contributed by atoms with Crippen LogP contribution in [0.15, 0.2) is 30.3 Å². The van der Waals surface area contributed by atoms with Crippen molar-refractivity contribution >= 4 is 27.5 Å². The number of anilines is 1. The van der Waals surface area contributed by atoms with Gasteiger partial charge in [0.2, 0.25) is 21.8 Å². The molecule has 8 nitrogen and oxygen atoms in total. The van der Waals surface area contributed by atoms with Gasteiger partial charge in [0.05, 0.1) is 12.4 Å². The Labute approximate surface area is 192 Å². The fourth-order valence-electron chi connectivity index (χ4n) is 4.75. The molecule has 2 aliphatic rings. The summed E-state index contributed by atoms with van der Waals surface area (Å²) in [4.78, 5) is 31.8. The van der Waals surface area contributed by atoms with E-state index >= 15 is 0 Å². The first-order valence-corrected chi connectivity index (χ1v) is 13.3. The van der Waals surface area contributed by atoms with Crippen LogP contribution in [0.5, 0.6) is 0 Å². The lowest BCUT2D eigenvalue weighted by Crippen LogP contribution is -2.57. The topological polar surface area (TPSA) is 81.2 Å². The standard InChI is InChI=1S/C23H36N4O4S/c1-4-7-17-32(30,31)26-15-13-23(14-16-26)22(29)25(18-21(28)24(5-2)6-3)19-27(23)20-11-9-8-10-12-20/h8-12H,4-7,13-19H2,1-3H3. The highest BCUT2D eigenvalue weighted by molar-refractivity contribution is 7.89. The van der Waals surface area contributed by atoms with Gasteiger partial charge >= 0.3 is 0 Å². The van der Waals surface area contributed by atoms with Crippen LogP contribution < -0.4 is 4.90 Å². The summed E-state index contributed by atoms with van der Waals surface area (Å²) < 4.78 is 26.9. The number of piperidine rings is 1. The molecule has 1 aromatic rings. The molecular weight excluding hydrogens is 428 g/mol. The van der Waals surface area contributed by atoms with Crippen molar-refractivity contribution in [2.24, 2.45) is 0 Å². The van der Waals surface area contributed by atoms with Crippen molar-refractivity contribution in [2.45, 2.75) is 52.0 Å². The number of carbonyl (C=O) groups excluding carboxylic acids is 2. The Hall–Kier alpha value is -2.13. The van der Waals surface area contributed by atoms with Gasteiger partial charge in [-0.3, -0.25) is 9.59 Å². The Kier molecular flexibility index (Phi) is 7.82. The van der Waals surface area contributed by atoms with Crippen molar-refractivity contribution in [1.29, 1.82) is 0 Å². The minimum atomic E-state index is -3.31. The summed E-state index contributed by atoms with van der Waals surface area (Å²) in [6, 6.07) is 9.73. The number of sulfonamides is 1. The van der Waals surface area contributed by atoms with Crippen LogP contribution in [-0.2, 0) is 19.6 Å². The van der Waals surface area contributed by atoms with Crippen molar-refractivity contribution in [3.05, 3.63) is 30.3 Å². The number of rotatable bonds is 9. The number of amides is 2. The summed E-state index contributed by atoms with van der Waals surface area (Å²) in [6.07, 6.45) is 2.30. The molecule has 2 saturated heterocycles. The van der Waals surface area contributed by atoms with Gasteiger partial charge in [-0.25, -0.2) is 12.7 Å². The van der Waals surface area contributed by atoms with E-state index in [-0.39, 0.29) is 24.1 Å². The van der Waals surface area contributed by atoms with Crippen molar-refractivity contribution < 1.29 is 18.0 Å². The zero-order valence-electron chi connectivity index (χ0n) is 19.5. The predicted molar refractivity (Wildman–Crippen MR) is 126 cm³/mol. The molecule has 1 spiro atoms. The number of nitrogens with zero attached hydrogens (tertiary/aromatic N) is 4. The molecule has 0 aromatic heterocycles. The lowest BCUT2D eigenvalue weighted by molar-refractivity contribution is -0.140. The lowest BCUT2D eigenvalue weighted by Gasteiger charge is -2.42. The van der Waals surface area contributed by atoms with Crippen LogP contribution in [0.2, 0.25) is 0 Å². The highest BCUT2D eigenvalue weighted by Gasteiger charge is 2.54. The molecule has 3 rings (SSSR count). The van der Waals surface area contributed by atoms with E-state index in [0.29, 0.717) is 52.1 Å². The summed E-state index contributed by atoms with van der Waals surface area (Å²) in [5.41, 5.74) is 0.0997. The molecule has 2 fully saturated rings. The van der Waals surface area contributed by atoms with Crippen molar-refractivity contribution in [2.75, 3.05) is 50.0 Å². The second-order valence-electron chi connectivity index (χ2n) is 8.57. The Balaban J connectivity index is 1.84. The van der Waals surface area contributed by atoms with Gasteiger partial charge in [-0.15, -0.1) is 0 Å². The van der Waals surface area contributed by atoms with E-state index in [4.69, 9.17) is 0 Å². The molecule has 2 amide bonds. The van der Waals surface area contributed by atoms with Crippen LogP contribution in [0.1, 0.15) is 46.5 Å². The third kappa shape index (κ3) is 4.78. The van der Waals surface area contributed by atoms with Crippen LogP contribution in [0.3, 0.4) is 0 Å². The molecule has 2 heterocycles. The van der Waals surface area contributed by atoms with Crippen LogP contribution in [-0.4, -0.2) is 85.0 Å². The third-order valence-corrected chi connectivity index (χ3v) is 8.68. The molecule has 0 bridgehead atoms. The van der Waals surface area contributed by atoms with E-state index in [2.05, 4.69) is 4.90 Å². The maximum Gasteiger partial charge on any atom is 0.250 e. The Bertz CT molecular complexity index is 894. The summed E-state index contributed by atoms with van der Waals surface area (Å²) in [5.74, 6) is 0.0117. The molecule has 0 unspecified atom stereocenters. The van der Waals surface area contributed by atoms with E-state index in [0.717, 1.165) is 12.1 Å². The highest BCUT2D eigenvalue weighted by atomic mass is 32.2. The predicted octanol–water partition coefficient (Wildman–Crippen LogP) is 2.13. The zero-order chi connectivity index (χ0) is 23.4. The fraction of sp³-hybridized carbons (Fsp3) is 0.652. The van der Waals surface area contributed by atoms with Crippen LogP contribution in [0, 0.1) is 0 Å². The average molecular weight is 465 g/mol. The van der Waals surface area contributed by atoms with Crippen molar-refractivity contribution in [3.8, 4) is 0 Å². The number of benzene rings is 1. The second kappa shape index (κ2) is 10.2. The minimum Gasteiger partial charge on any atom is -0.342 e. The molecule has 2 aliphatic heterocycles. The monoisotopic (exact) mass is 464 g/mol. The number of hydrogen-bond acceptors (Lipinski definition) is 5. The first kappa shape index (κ1) is 24.5. The smallest absolute Gasteiger partial charge is 0.250 e. The molecule has 32 heavy (non-hydrogen) atoms. The van der Waals surface area contributed by atoms with Gasteiger partial charge in [-0.05, 0) is 45.2 Å². The summed E-state index contributed by atoms with van der Waals surface area (Å²) in [7, 11) is -3.31. The first-order valence-electron chi connectivity index (χ1n) is 11.7. The Morgan fingerprint density at radius 2 is 1.69 bits per heavy atom. The summed E-state index contributed by atoms with van der Waals surface area (Å²) >= 11 is 0. The average Bonchev–Trinajstić information content (AvgIpc) is 3.05. The number of hydrogen-bond donors (Lipinski definition) is 0. The number of para-hydroxylation sites is 1. The van der Waals surface area contributed by atoms with E-state index in [1.165, 1.54) is 4.31 Å². The molecule has 0 saturated carbocycles. The fourth-order valence-corrected chi connectivity index (χ4v) is 6.40. The van der Waals surface area contributed by atoms with Gasteiger partial charge < -0.3 is 14.7 Å². The van der Waals surface area contributed by atoms with Crippen LogP contribution >= 0.6 is 0 Å². The maximum absolute atomic E-state index is 13.7. The molecular formula is C23H36N4O4S. The van der Waals surface area contributed by atoms with E-state index in [1.807, 2.05) is 51.1 Å². The molecule has 178 valence electrons. The largest absolute Gasteiger partial charge is 0.342 e. The third-order valence-electron chi connectivity index (χ3n) is 6.72. The number of likely N-dealkylation sites (N-methyl/N-ethyl adjacent to an activating group) is 1. The van der Waals surface area contributed by atoms with Crippen LogP contribution in [0.4, 0.5) is 5.69 Å². The first-order chi connectivity index (χ1) is 15.3. The van der Waals surface area contributed by atoms with Crippen molar-refractivity contribution in [3.63, 3.8) is 0 Å². The molecule has 0 N–H and O–H groups in total. The molecule has 0 atom stereocenters. The maximum atomic E-state index is 13.7. The second-order valence-corrected chi connectivity index (χ2v) is 10.7. The van der Waals surface area contributed by atoms with Gasteiger partial charge in [0.15, 0.2) is 0 Å². The van der Waals surface area contributed by atoms with Crippen molar-refractivity contribution in [1.82, 2.24) is 14.1 Å². The Morgan fingerprint density at radius 1 is 1.06 bits per heavy atom.